The number of aromatic nitrogens is 2. The fourth-order valence-electron chi connectivity index (χ4n) is 2.38. The Bertz CT molecular complexity index is 1090. The first-order valence-corrected chi connectivity index (χ1v) is 10.3. The average Bonchev–Trinajstić information content (AvgIpc) is 3.06. The number of sulfonamides is 1. The van der Waals surface area contributed by atoms with Crippen LogP contribution in [0.1, 0.15) is 17.3 Å². The highest BCUT2D eigenvalue weighted by atomic mass is 35.5. The maximum absolute atomic E-state index is 12.8. The zero-order chi connectivity index (χ0) is 20.3. The van der Waals surface area contributed by atoms with Crippen molar-refractivity contribution in [2.75, 3.05) is 11.3 Å². The number of carbonyl (C=O) groups excluding carboxylic acids is 1. The number of ether oxygens (including phenoxy) is 1. The van der Waals surface area contributed by atoms with Gasteiger partial charge in [0.05, 0.1) is 23.4 Å². The monoisotopic (exact) mass is 439 g/mol. The fourth-order valence-corrected chi connectivity index (χ4v) is 3.70. The molecule has 3 rings (SSSR count). The standard InChI is InChI=1S/C18H15Cl2N3O4S/c1-2-27-18(24)16-11-21-23(14-7-3-12(19)4-8-14)17(16)22-28(25,26)15-9-5-13(20)6-10-15/h3-11,22H,2H2,1H3. The zero-order valence-corrected chi connectivity index (χ0v) is 16.9. The van der Waals surface area contributed by atoms with E-state index in [0.29, 0.717) is 15.7 Å². The molecular formula is C18H15Cl2N3O4S. The van der Waals surface area contributed by atoms with E-state index in [1.807, 2.05) is 0 Å². The number of anilines is 1. The maximum Gasteiger partial charge on any atom is 0.343 e. The van der Waals surface area contributed by atoms with Crippen LogP contribution in [0, 0.1) is 0 Å². The average molecular weight is 440 g/mol. The number of carbonyl (C=O) groups is 1. The topological polar surface area (TPSA) is 90.3 Å². The first-order valence-electron chi connectivity index (χ1n) is 8.11. The van der Waals surface area contributed by atoms with Crippen LogP contribution < -0.4 is 4.72 Å². The lowest BCUT2D eigenvalue weighted by atomic mass is 10.3. The third-order valence-electron chi connectivity index (χ3n) is 3.69. The molecule has 1 aromatic heterocycles. The molecule has 0 amide bonds. The molecule has 7 nitrogen and oxygen atoms in total. The van der Waals surface area contributed by atoms with Gasteiger partial charge in [-0.3, -0.25) is 4.72 Å². The van der Waals surface area contributed by atoms with Crippen LogP contribution >= 0.6 is 23.2 Å². The van der Waals surface area contributed by atoms with Crippen LogP contribution in [0.25, 0.3) is 5.69 Å². The Morgan fingerprint density at radius 1 is 1.07 bits per heavy atom. The quantitative estimate of drug-likeness (QED) is 0.582. The number of esters is 1. The van der Waals surface area contributed by atoms with Crippen LogP contribution in [0.15, 0.2) is 59.6 Å². The predicted octanol–water partition coefficient (Wildman–Crippen LogP) is 4.16. The lowest BCUT2D eigenvalue weighted by Crippen LogP contribution is -2.18. The molecule has 0 aliphatic heterocycles. The minimum atomic E-state index is -4.01. The van der Waals surface area contributed by atoms with Gasteiger partial charge in [-0.2, -0.15) is 5.10 Å². The molecule has 0 bridgehead atoms. The molecule has 0 fully saturated rings. The minimum absolute atomic E-state index is 0.0180. The summed E-state index contributed by atoms with van der Waals surface area (Å²) in [6.07, 6.45) is 1.24. The van der Waals surface area contributed by atoms with Crippen molar-refractivity contribution in [1.82, 2.24) is 9.78 Å². The second-order valence-electron chi connectivity index (χ2n) is 5.57. The van der Waals surface area contributed by atoms with Gasteiger partial charge in [-0.25, -0.2) is 17.9 Å². The van der Waals surface area contributed by atoms with Crippen LogP contribution in [-0.4, -0.2) is 30.8 Å². The summed E-state index contributed by atoms with van der Waals surface area (Å²) in [7, 11) is -4.01. The van der Waals surface area contributed by atoms with E-state index in [0.717, 1.165) is 0 Å². The fraction of sp³-hybridized carbons (Fsp3) is 0.111. The van der Waals surface area contributed by atoms with Gasteiger partial charge in [0.1, 0.15) is 5.56 Å². The molecule has 1 heterocycles. The summed E-state index contributed by atoms with van der Waals surface area (Å²) in [5.74, 6) is -0.743. The third-order valence-corrected chi connectivity index (χ3v) is 5.55. The molecule has 0 atom stereocenters. The van der Waals surface area contributed by atoms with Crippen LogP contribution in [0.3, 0.4) is 0 Å². The number of hydrogen-bond donors (Lipinski definition) is 1. The highest BCUT2D eigenvalue weighted by molar-refractivity contribution is 7.92. The van der Waals surface area contributed by atoms with E-state index in [9.17, 15) is 13.2 Å². The molecule has 0 aliphatic carbocycles. The third kappa shape index (κ3) is 4.30. The highest BCUT2D eigenvalue weighted by Gasteiger charge is 2.25. The van der Waals surface area contributed by atoms with Gasteiger partial charge in [0, 0.05) is 10.0 Å². The number of rotatable bonds is 6. The molecule has 3 aromatic rings. The summed E-state index contributed by atoms with van der Waals surface area (Å²) in [5, 5.41) is 5.04. The Morgan fingerprint density at radius 3 is 2.21 bits per heavy atom. The van der Waals surface area contributed by atoms with Crippen LogP contribution in [0.2, 0.25) is 10.0 Å². The van der Waals surface area contributed by atoms with E-state index in [1.165, 1.54) is 35.1 Å². The van der Waals surface area contributed by atoms with Crippen molar-refractivity contribution >= 4 is 45.0 Å². The van der Waals surface area contributed by atoms with Gasteiger partial charge < -0.3 is 4.74 Å². The Morgan fingerprint density at radius 2 is 1.64 bits per heavy atom. The van der Waals surface area contributed by atoms with Gasteiger partial charge in [-0.05, 0) is 55.5 Å². The molecule has 2 aromatic carbocycles. The van der Waals surface area contributed by atoms with Crippen LogP contribution in [0.4, 0.5) is 5.82 Å². The maximum atomic E-state index is 12.8. The predicted molar refractivity (Wildman–Crippen MR) is 107 cm³/mol. The summed E-state index contributed by atoms with van der Waals surface area (Å²) < 4.78 is 34.3. The van der Waals surface area contributed by atoms with E-state index >= 15 is 0 Å². The van der Waals surface area contributed by atoms with E-state index in [4.69, 9.17) is 27.9 Å². The van der Waals surface area contributed by atoms with Crippen molar-refractivity contribution in [3.05, 3.63) is 70.3 Å². The number of hydrogen-bond acceptors (Lipinski definition) is 5. The highest BCUT2D eigenvalue weighted by Crippen LogP contribution is 2.25. The molecule has 1 N–H and O–H groups in total. The number of benzene rings is 2. The van der Waals surface area contributed by atoms with Crippen molar-refractivity contribution in [2.24, 2.45) is 0 Å². The molecule has 0 spiro atoms. The Kier molecular flexibility index (Phi) is 5.93. The summed E-state index contributed by atoms with van der Waals surface area (Å²) in [6.45, 7) is 1.79. The van der Waals surface area contributed by atoms with Crippen LogP contribution in [0.5, 0.6) is 0 Å². The molecule has 0 aliphatic rings. The van der Waals surface area contributed by atoms with Gasteiger partial charge >= 0.3 is 5.97 Å². The van der Waals surface area contributed by atoms with E-state index in [-0.39, 0.29) is 22.9 Å². The summed E-state index contributed by atoms with van der Waals surface area (Å²) >= 11 is 11.7. The van der Waals surface area contributed by atoms with E-state index in [1.54, 1.807) is 31.2 Å². The lowest BCUT2D eigenvalue weighted by molar-refractivity contribution is 0.0527. The summed E-state index contributed by atoms with van der Waals surface area (Å²) in [5.41, 5.74) is 0.489. The second-order valence-corrected chi connectivity index (χ2v) is 8.13. The van der Waals surface area contributed by atoms with E-state index in [2.05, 4.69) is 9.82 Å². The SMILES string of the molecule is CCOC(=O)c1cnn(-c2ccc(Cl)cc2)c1NS(=O)(=O)c1ccc(Cl)cc1. The van der Waals surface area contributed by atoms with Crippen molar-refractivity contribution < 1.29 is 17.9 Å². The number of halogens is 2. The van der Waals surface area contributed by atoms with Crippen molar-refractivity contribution in [3.63, 3.8) is 0 Å². The van der Waals surface area contributed by atoms with Crippen molar-refractivity contribution in [2.45, 2.75) is 11.8 Å². The van der Waals surface area contributed by atoms with Gasteiger partial charge in [0.15, 0.2) is 5.82 Å². The summed E-state index contributed by atoms with van der Waals surface area (Å²) in [6, 6.07) is 12.2. The smallest absolute Gasteiger partial charge is 0.343 e. The molecule has 0 unspecified atom stereocenters. The minimum Gasteiger partial charge on any atom is -0.462 e. The Labute approximate surface area is 171 Å². The van der Waals surface area contributed by atoms with Gasteiger partial charge in [0.2, 0.25) is 0 Å². The van der Waals surface area contributed by atoms with Gasteiger partial charge in [0.25, 0.3) is 10.0 Å². The second kappa shape index (κ2) is 8.22. The number of nitrogens with zero attached hydrogens (tertiary/aromatic N) is 2. The van der Waals surface area contributed by atoms with E-state index < -0.39 is 16.0 Å². The molecule has 28 heavy (non-hydrogen) atoms. The molecule has 10 heteroatoms. The molecule has 146 valence electrons. The number of nitrogens with one attached hydrogen (secondary N) is 1. The van der Waals surface area contributed by atoms with Crippen molar-refractivity contribution in [3.8, 4) is 5.69 Å². The largest absolute Gasteiger partial charge is 0.462 e. The van der Waals surface area contributed by atoms with Gasteiger partial charge in [-0.1, -0.05) is 23.2 Å². The Balaban J connectivity index is 2.08. The van der Waals surface area contributed by atoms with Crippen LogP contribution in [-0.2, 0) is 14.8 Å². The molecular weight excluding hydrogens is 425 g/mol. The van der Waals surface area contributed by atoms with Gasteiger partial charge in [-0.15, -0.1) is 0 Å². The lowest BCUT2D eigenvalue weighted by Gasteiger charge is -2.13. The normalized spacial score (nSPS) is 11.2. The summed E-state index contributed by atoms with van der Waals surface area (Å²) in [4.78, 5) is 12.3. The Hall–Kier alpha value is -2.55. The first-order chi connectivity index (χ1) is 13.3. The van der Waals surface area contributed by atoms with Crippen molar-refractivity contribution in [1.29, 1.82) is 0 Å². The molecule has 0 saturated carbocycles. The first kappa shape index (κ1) is 20.2. The molecule has 0 radical (unpaired) electrons. The zero-order valence-electron chi connectivity index (χ0n) is 14.6. The molecule has 0 saturated heterocycles.